The van der Waals surface area contributed by atoms with Gasteiger partial charge in [0.25, 0.3) is 0 Å². The van der Waals surface area contributed by atoms with Gasteiger partial charge in [-0.1, -0.05) is 5.21 Å². The second kappa shape index (κ2) is 5.50. The Morgan fingerprint density at radius 1 is 1.50 bits per heavy atom. The molecule has 5 N–H and O–H groups in total. The third-order valence-corrected chi connectivity index (χ3v) is 3.66. The van der Waals surface area contributed by atoms with E-state index >= 15 is 0 Å². The van der Waals surface area contributed by atoms with Gasteiger partial charge in [0.2, 0.25) is 0 Å². The minimum Gasteiger partial charge on any atom is -0.390 e. The summed E-state index contributed by atoms with van der Waals surface area (Å²) in [6.07, 6.45) is -1.21. The number of anilines is 1. The van der Waals surface area contributed by atoms with Crippen molar-refractivity contribution in [3.05, 3.63) is 6.33 Å². The van der Waals surface area contributed by atoms with Crippen molar-refractivity contribution in [1.29, 1.82) is 0 Å². The molecule has 1 fully saturated rings. The predicted octanol–water partition coefficient (Wildman–Crippen LogP) is -1.44. The van der Waals surface area contributed by atoms with E-state index in [9.17, 15) is 9.67 Å². The van der Waals surface area contributed by atoms with Gasteiger partial charge in [-0.25, -0.2) is 14.5 Å². The lowest BCUT2D eigenvalue weighted by molar-refractivity contribution is -0.0467. The Labute approximate surface area is 123 Å². The van der Waals surface area contributed by atoms with E-state index in [1.165, 1.54) is 11.0 Å². The number of hydrogen-bond acceptors (Lipinski definition) is 9. The Morgan fingerprint density at radius 3 is 3.00 bits per heavy atom. The molecule has 3 atom stereocenters. The summed E-state index contributed by atoms with van der Waals surface area (Å²) in [5.74, 6) is 0.163. The SMILES string of the molecule is Nc1ncnc2c1nnn2C1CC(O)C(COP(=O)(O)O)O1. The highest BCUT2D eigenvalue weighted by molar-refractivity contribution is 7.46. The van der Waals surface area contributed by atoms with Gasteiger partial charge >= 0.3 is 7.82 Å². The van der Waals surface area contributed by atoms with Gasteiger partial charge in [0, 0.05) is 6.42 Å². The van der Waals surface area contributed by atoms with E-state index < -0.39 is 32.9 Å². The molecule has 1 saturated heterocycles. The van der Waals surface area contributed by atoms with Crippen molar-refractivity contribution in [3.63, 3.8) is 0 Å². The first-order chi connectivity index (χ1) is 10.3. The number of aliphatic hydroxyl groups is 1. The molecule has 0 aliphatic carbocycles. The van der Waals surface area contributed by atoms with Crippen LogP contribution in [0.3, 0.4) is 0 Å². The average molecular weight is 332 g/mol. The molecular weight excluding hydrogens is 319 g/mol. The summed E-state index contributed by atoms with van der Waals surface area (Å²) in [7, 11) is -4.63. The van der Waals surface area contributed by atoms with E-state index in [0.717, 1.165) is 0 Å². The average Bonchev–Trinajstić information content (AvgIpc) is 3.00. The number of aromatic nitrogens is 5. The van der Waals surface area contributed by atoms with E-state index in [2.05, 4.69) is 24.8 Å². The topological polar surface area (TPSA) is 179 Å². The first-order valence-electron chi connectivity index (χ1n) is 6.20. The molecule has 0 aromatic carbocycles. The first kappa shape index (κ1) is 15.2. The van der Waals surface area contributed by atoms with Crippen LogP contribution in [-0.4, -0.2) is 58.7 Å². The van der Waals surface area contributed by atoms with Crippen LogP contribution >= 0.6 is 7.82 Å². The molecule has 2 aromatic heterocycles. The summed E-state index contributed by atoms with van der Waals surface area (Å²) in [6.45, 7) is -0.453. The molecule has 3 rings (SSSR count). The number of phosphoric acid groups is 1. The quantitative estimate of drug-likeness (QED) is 0.482. The van der Waals surface area contributed by atoms with Gasteiger partial charge in [0.15, 0.2) is 23.2 Å². The molecule has 3 heterocycles. The second-order valence-corrected chi connectivity index (χ2v) is 5.92. The standard InChI is InChI=1S/C9H13N6O6P/c10-8-7-9(12-3-11-8)15(14-13-7)6-1-4(16)5(21-6)2-20-22(17,18)19/h3-6,16H,1-2H2,(H2,10,11,12)(H2,17,18,19). The van der Waals surface area contributed by atoms with Crippen LogP contribution in [-0.2, 0) is 13.8 Å². The molecule has 1 aliphatic heterocycles. The van der Waals surface area contributed by atoms with Crippen LogP contribution < -0.4 is 5.73 Å². The van der Waals surface area contributed by atoms with E-state index in [4.69, 9.17) is 20.3 Å². The lowest BCUT2D eigenvalue weighted by atomic mass is 10.2. The fourth-order valence-electron chi connectivity index (χ4n) is 2.16. The fourth-order valence-corrected chi connectivity index (χ4v) is 2.50. The number of ether oxygens (including phenoxy) is 1. The molecule has 2 aromatic rings. The number of nitrogens with two attached hydrogens (primary N) is 1. The normalized spacial score (nSPS) is 25.9. The van der Waals surface area contributed by atoms with Crippen molar-refractivity contribution in [1.82, 2.24) is 25.0 Å². The van der Waals surface area contributed by atoms with Crippen molar-refractivity contribution in [3.8, 4) is 0 Å². The largest absolute Gasteiger partial charge is 0.469 e. The van der Waals surface area contributed by atoms with Crippen molar-refractivity contribution >= 4 is 24.8 Å². The molecule has 0 radical (unpaired) electrons. The van der Waals surface area contributed by atoms with Crippen LogP contribution in [0.5, 0.6) is 0 Å². The highest BCUT2D eigenvalue weighted by Gasteiger charge is 2.38. The van der Waals surface area contributed by atoms with E-state index in [1.54, 1.807) is 0 Å². The molecule has 0 bridgehead atoms. The Kier molecular flexibility index (Phi) is 3.80. The monoisotopic (exact) mass is 332 g/mol. The zero-order valence-electron chi connectivity index (χ0n) is 11.1. The summed E-state index contributed by atoms with van der Waals surface area (Å²) in [4.78, 5) is 25.2. The third-order valence-electron chi connectivity index (χ3n) is 3.17. The lowest BCUT2D eigenvalue weighted by Crippen LogP contribution is -2.26. The molecule has 0 saturated carbocycles. The van der Waals surface area contributed by atoms with Crippen LogP contribution in [0.1, 0.15) is 12.6 Å². The Morgan fingerprint density at radius 2 is 2.27 bits per heavy atom. The molecule has 0 spiro atoms. The molecule has 1 aliphatic rings. The molecule has 3 unspecified atom stereocenters. The summed E-state index contributed by atoms with van der Waals surface area (Å²) in [6, 6.07) is 0. The maximum Gasteiger partial charge on any atom is 0.469 e. The highest BCUT2D eigenvalue weighted by atomic mass is 31.2. The van der Waals surface area contributed by atoms with E-state index in [1.807, 2.05) is 0 Å². The van der Waals surface area contributed by atoms with Gasteiger partial charge in [-0.15, -0.1) is 5.10 Å². The zero-order chi connectivity index (χ0) is 15.9. The predicted molar refractivity (Wildman–Crippen MR) is 70.1 cm³/mol. The summed E-state index contributed by atoms with van der Waals surface area (Å²) >= 11 is 0. The molecule has 0 amide bonds. The first-order valence-corrected chi connectivity index (χ1v) is 7.73. The van der Waals surface area contributed by atoms with Gasteiger partial charge in [-0.05, 0) is 0 Å². The molecular formula is C9H13N6O6P. The minimum atomic E-state index is -4.63. The van der Waals surface area contributed by atoms with E-state index in [0.29, 0.717) is 11.2 Å². The number of rotatable bonds is 4. The highest BCUT2D eigenvalue weighted by Crippen LogP contribution is 2.38. The van der Waals surface area contributed by atoms with Crippen LogP contribution in [0.2, 0.25) is 0 Å². The van der Waals surface area contributed by atoms with Crippen molar-refractivity contribution in [2.75, 3.05) is 12.3 Å². The smallest absolute Gasteiger partial charge is 0.390 e. The Bertz CT molecular complexity index is 732. The number of phosphoric ester groups is 1. The number of aliphatic hydroxyl groups excluding tert-OH is 1. The number of nitrogens with zero attached hydrogens (tertiary/aromatic N) is 5. The number of fused-ring (bicyclic) bond motifs is 1. The maximum absolute atomic E-state index is 10.7. The van der Waals surface area contributed by atoms with Crippen molar-refractivity contribution in [2.24, 2.45) is 0 Å². The number of nitrogen functional groups attached to an aromatic ring is 1. The Hall–Kier alpha value is -1.69. The van der Waals surface area contributed by atoms with Crippen molar-refractivity contribution < 1.29 is 28.7 Å². The summed E-state index contributed by atoms with van der Waals surface area (Å²) < 4.78 is 21.9. The van der Waals surface area contributed by atoms with E-state index in [-0.39, 0.29) is 12.2 Å². The fraction of sp³-hybridized carbons (Fsp3) is 0.556. The van der Waals surface area contributed by atoms with Gasteiger partial charge in [-0.2, -0.15) is 4.68 Å². The lowest BCUT2D eigenvalue weighted by Gasteiger charge is -2.15. The maximum atomic E-state index is 10.7. The minimum absolute atomic E-state index is 0.136. The molecule has 12 nitrogen and oxygen atoms in total. The van der Waals surface area contributed by atoms with Gasteiger partial charge in [0.05, 0.1) is 12.7 Å². The molecule has 13 heteroatoms. The van der Waals surface area contributed by atoms with Crippen molar-refractivity contribution in [2.45, 2.75) is 24.9 Å². The van der Waals surface area contributed by atoms with Crippen LogP contribution in [0.25, 0.3) is 11.2 Å². The number of hydrogen-bond donors (Lipinski definition) is 4. The van der Waals surface area contributed by atoms with Gasteiger partial charge < -0.3 is 25.4 Å². The molecule has 120 valence electrons. The van der Waals surface area contributed by atoms with Gasteiger partial charge in [-0.3, -0.25) is 4.52 Å². The van der Waals surface area contributed by atoms with Gasteiger partial charge in [0.1, 0.15) is 12.4 Å². The summed E-state index contributed by atoms with van der Waals surface area (Å²) in [5, 5.41) is 17.6. The summed E-state index contributed by atoms with van der Waals surface area (Å²) in [5.41, 5.74) is 6.29. The van der Waals surface area contributed by atoms with Crippen LogP contribution in [0, 0.1) is 0 Å². The third kappa shape index (κ3) is 2.92. The van der Waals surface area contributed by atoms with Crippen LogP contribution in [0.4, 0.5) is 5.82 Å². The molecule has 22 heavy (non-hydrogen) atoms. The Balaban J connectivity index is 1.78. The van der Waals surface area contributed by atoms with Crippen LogP contribution in [0.15, 0.2) is 6.33 Å². The zero-order valence-corrected chi connectivity index (χ0v) is 11.9. The second-order valence-electron chi connectivity index (χ2n) is 4.68.